The van der Waals surface area contributed by atoms with Crippen LogP contribution < -0.4 is 9.47 Å². The minimum absolute atomic E-state index is 0.0200. The number of rotatable bonds is 8. The quantitative estimate of drug-likeness (QED) is 0.199. The van der Waals surface area contributed by atoms with Gasteiger partial charge in [0.25, 0.3) is 0 Å². The molecule has 2 aliphatic carbocycles. The Morgan fingerprint density at radius 3 is 2.67 bits per heavy atom. The fourth-order valence-corrected chi connectivity index (χ4v) is 9.64. The number of piperidine rings is 1. The molecule has 2 N–H and O–H groups in total. The molecular formula is C37H46ClFN6O4. The van der Waals surface area contributed by atoms with Gasteiger partial charge in [0.2, 0.25) is 5.88 Å². The van der Waals surface area contributed by atoms with Crippen LogP contribution in [-0.4, -0.2) is 86.8 Å². The maximum absolute atomic E-state index is 17.1. The molecule has 5 heterocycles. The van der Waals surface area contributed by atoms with Crippen LogP contribution in [0.2, 0.25) is 5.02 Å². The Labute approximate surface area is 291 Å². The molecule has 4 aliphatic rings. The number of H-pyrrole nitrogens is 1. The van der Waals surface area contributed by atoms with Crippen LogP contribution in [0.15, 0.2) is 12.3 Å². The van der Waals surface area contributed by atoms with Gasteiger partial charge in [-0.1, -0.05) is 24.9 Å². The Balaban J connectivity index is 1.23. The van der Waals surface area contributed by atoms with E-state index in [1.54, 1.807) is 6.20 Å². The SMILES string of the molecule is COc1nc(-c2c(Cl)c(C)cc3[nH]ncc23)c(F)c2nc(OC[C@]34CCC[C@H]3N(CC3(C)COC3)CCC4)nc(C3CCC[C@@](C)(O)C3)c12. The number of likely N-dealkylation sites (tertiary alicyclic amines) is 1. The number of aromatic nitrogens is 5. The highest BCUT2D eigenvalue weighted by molar-refractivity contribution is 6.35. The van der Waals surface area contributed by atoms with Crippen molar-refractivity contribution in [2.75, 3.05) is 40.0 Å². The highest BCUT2D eigenvalue weighted by Gasteiger charge is 2.50. The molecule has 10 nitrogen and oxygen atoms in total. The molecule has 1 aromatic carbocycles. The summed E-state index contributed by atoms with van der Waals surface area (Å²) in [5, 5.41) is 19.7. The zero-order chi connectivity index (χ0) is 34.1. The molecule has 4 aromatic rings. The largest absolute Gasteiger partial charge is 0.480 e. The monoisotopic (exact) mass is 692 g/mol. The van der Waals surface area contributed by atoms with Gasteiger partial charge >= 0.3 is 6.01 Å². The lowest BCUT2D eigenvalue weighted by Gasteiger charge is -2.50. The molecule has 8 rings (SSSR count). The summed E-state index contributed by atoms with van der Waals surface area (Å²) in [4.78, 5) is 17.2. The van der Waals surface area contributed by atoms with Gasteiger partial charge in [-0.15, -0.1) is 0 Å². The number of nitrogens with one attached hydrogen (secondary N) is 1. The van der Waals surface area contributed by atoms with Crippen LogP contribution in [0, 0.1) is 23.6 Å². The first-order valence-electron chi connectivity index (χ1n) is 17.7. The molecule has 4 fully saturated rings. The Morgan fingerprint density at radius 2 is 1.92 bits per heavy atom. The molecule has 49 heavy (non-hydrogen) atoms. The van der Waals surface area contributed by atoms with Gasteiger partial charge in [0, 0.05) is 40.3 Å². The van der Waals surface area contributed by atoms with E-state index in [9.17, 15) is 5.11 Å². The second kappa shape index (κ2) is 12.3. The third-order valence-corrected chi connectivity index (χ3v) is 12.3. The molecule has 2 saturated heterocycles. The van der Waals surface area contributed by atoms with Crippen LogP contribution in [0.25, 0.3) is 33.1 Å². The average Bonchev–Trinajstić information content (AvgIpc) is 3.71. The Bertz CT molecular complexity index is 1910. The molecule has 0 amide bonds. The van der Waals surface area contributed by atoms with E-state index in [4.69, 9.17) is 40.8 Å². The summed E-state index contributed by atoms with van der Waals surface area (Å²) in [6.07, 6.45) is 9.97. The molecular weight excluding hydrogens is 647 g/mol. The van der Waals surface area contributed by atoms with E-state index in [0.29, 0.717) is 52.5 Å². The smallest absolute Gasteiger partial charge is 0.317 e. The fraction of sp³-hybridized carbons (Fsp3) is 0.622. The Kier molecular flexibility index (Phi) is 8.28. The van der Waals surface area contributed by atoms with Gasteiger partial charge in [-0.3, -0.25) is 10.00 Å². The molecule has 0 spiro atoms. The first-order valence-corrected chi connectivity index (χ1v) is 18.1. The van der Waals surface area contributed by atoms with E-state index in [2.05, 4.69) is 22.0 Å². The highest BCUT2D eigenvalue weighted by atomic mass is 35.5. The van der Waals surface area contributed by atoms with Crippen LogP contribution in [0.1, 0.15) is 88.8 Å². The first kappa shape index (κ1) is 33.0. The third-order valence-electron chi connectivity index (χ3n) is 11.8. The molecule has 1 unspecified atom stereocenters. The highest BCUT2D eigenvalue weighted by Crippen LogP contribution is 2.50. The summed E-state index contributed by atoms with van der Waals surface area (Å²) in [6.45, 7) is 10.3. The number of hydrogen-bond donors (Lipinski definition) is 2. The van der Waals surface area contributed by atoms with Gasteiger partial charge in [0.15, 0.2) is 5.82 Å². The van der Waals surface area contributed by atoms with Crippen molar-refractivity contribution < 1.29 is 23.7 Å². The van der Waals surface area contributed by atoms with Crippen molar-refractivity contribution in [2.45, 2.75) is 96.1 Å². The van der Waals surface area contributed by atoms with Gasteiger partial charge < -0.3 is 19.3 Å². The number of methoxy groups -OCH3 is 1. The van der Waals surface area contributed by atoms with Gasteiger partial charge in [-0.25, -0.2) is 9.37 Å². The fourth-order valence-electron chi connectivity index (χ4n) is 9.39. The molecule has 2 aliphatic heterocycles. The molecule has 0 bridgehead atoms. The molecule has 12 heteroatoms. The van der Waals surface area contributed by atoms with Gasteiger partial charge in [0.05, 0.1) is 60.3 Å². The number of benzene rings is 1. The number of halogens is 2. The van der Waals surface area contributed by atoms with Crippen LogP contribution in [0.3, 0.4) is 0 Å². The number of aliphatic hydroxyl groups is 1. The van der Waals surface area contributed by atoms with Crippen LogP contribution in [0.5, 0.6) is 11.9 Å². The minimum Gasteiger partial charge on any atom is -0.480 e. The zero-order valence-electron chi connectivity index (χ0n) is 28.9. The predicted octanol–water partition coefficient (Wildman–Crippen LogP) is 7.14. The standard InChI is InChI=1S/C37H46ClFN6O4/c1-21-14-24-23(16-40-44-24)26(28(21)38)31-29(39)32-27(33(41-31)47-4)30(22-8-5-10-36(3,46)15-22)42-34(43-32)49-20-37-11-6-9-25(37)45(13-7-12-37)17-35(2)18-48-19-35/h14,16,22,25,46H,5-13,15,17-20H2,1-4H3,(H,40,44)/t22?,25-,36-,37-/m1/s1. The summed E-state index contributed by atoms with van der Waals surface area (Å²) in [6, 6.07) is 2.44. The van der Waals surface area contributed by atoms with E-state index in [0.717, 1.165) is 82.3 Å². The number of aryl methyl sites for hydroxylation is 1. The lowest BCUT2D eigenvalue weighted by atomic mass is 9.74. The second-order valence-corrected chi connectivity index (χ2v) is 16.2. The van der Waals surface area contributed by atoms with Gasteiger partial charge in [0.1, 0.15) is 11.2 Å². The number of fused-ring (bicyclic) bond motifs is 3. The normalized spacial score (nSPS) is 28.5. The summed E-state index contributed by atoms with van der Waals surface area (Å²) >= 11 is 6.86. The minimum atomic E-state index is -0.869. The number of pyridine rings is 1. The topological polar surface area (TPSA) is 119 Å². The predicted molar refractivity (Wildman–Crippen MR) is 186 cm³/mol. The van der Waals surface area contributed by atoms with Crippen LogP contribution in [0.4, 0.5) is 4.39 Å². The lowest BCUT2D eigenvalue weighted by molar-refractivity contribution is -0.130. The zero-order valence-corrected chi connectivity index (χ0v) is 29.6. The number of hydrogen-bond acceptors (Lipinski definition) is 9. The summed E-state index contributed by atoms with van der Waals surface area (Å²) in [5.74, 6) is -0.578. The summed E-state index contributed by atoms with van der Waals surface area (Å²) < 4.78 is 35.2. The average molecular weight is 693 g/mol. The van der Waals surface area contributed by atoms with Crippen molar-refractivity contribution in [2.24, 2.45) is 10.8 Å². The first-order chi connectivity index (χ1) is 23.5. The van der Waals surface area contributed by atoms with E-state index in [1.807, 2.05) is 19.9 Å². The van der Waals surface area contributed by atoms with E-state index < -0.39 is 11.4 Å². The number of nitrogens with zero attached hydrogens (tertiary/aromatic N) is 5. The lowest BCUT2D eigenvalue weighted by Crippen LogP contribution is -2.57. The summed E-state index contributed by atoms with van der Waals surface area (Å²) in [5.41, 5.74) is 1.92. The van der Waals surface area contributed by atoms with E-state index in [-0.39, 0.29) is 39.8 Å². The van der Waals surface area contributed by atoms with Gasteiger partial charge in [-0.05, 0) is 83.4 Å². The van der Waals surface area contributed by atoms with Crippen molar-refractivity contribution >= 4 is 33.4 Å². The van der Waals surface area contributed by atoms with E-state index >= 15 is 4.39 Å². The van der Waals surface area contributed by atoms with Crippen LogP contribution >= 0.6 is 11.6 Å². The van der Waals surface area contributed by atoms with Crippen molar-refractivity contribution in [1.82, 2.24) is 30.0 Å². The molecule has 4 atom stereocenters. The second-order valence-electron chi connectivity index (χ2n) is 15.8. The van der Waals surface area contributed by atoms with Gasteiger partial charge in [-0.2, -0.15) is 15.1 Å². The van der Waals surface area contributed by atoms with Crippen molar-refractivity contribution in [3.05, 3.63) is 34.4 Å². The third kappa shape index (κ3) is 5.74. The molecule has 2 saturated carbocycles. The number of aromatic amines is 1. The van der Waals surface area contributed by atoms with Crippen molar-refractivity contribution in [1.29, 1.82) is 0 Å². The van der Waals surface area contributed by atoms with Crippen molar-refractivity contribution in [3.8, 4) is 23.1 Å². The van der Waals surface area contributed by atoms with Crippen LogP contribution in [-0.2, 0) is 4.74 Å². The maximum Gasteiger partial charge on any atom is 0.317 e. The van der Waals surface area contributed by atoms with Crippen molar-refractivity contribution in [3.63, 3.8) is 0 Å². The number of ether oxygens (including phenoxy) is 3. The molecule has 3 aromatic heterocycles. The van der Waals surface area contributed by atoms with E-state index in [1.165, 1.54) is 7.11 Å². The Morgan fingerprint density at radius 1 is 1.12 bits per heavy atom. The maximum atomic E-state index is 17.1. The summed E-state index contributed by atoms with van der Waals surface area (Å²) in [7, 11) is 1.52. The Hall–Kier alpha value is -3.12. The molecule has 0 radical (unpaired) electrons. The molecule has 262 valence electrons.